The fourth-order valence-electron chi connectivity index (χ4n) is 4.19. The highest BCUT2D eigenvalue weighted by Gasteiger charge is 2.45. The molecule has 5 unspecified atom stereocenters. The molecule has 2 aliphatic heterocycles. The van der Waals surface area contributed by atoms with E-state index in [9.17, 15) is 0 Å². The molecule has 3 rings (SSSR count). The Morgan fingerprint density at radius 2 is 2.06 bits per heavy atom. The van der Waals surface area contributed by atoms with Crippen LogP contribution in [0, 0.1) is 17.8 Å². The van der Waals surface area contributed by atoms with Crippen LogP contribution in [-0.4, -0.2) is 31.5 Å². The molecule has 0 amide bonds. The Kier molecular flexibility index (Phi) is 3.18. The largest absolute Gasteiger partial charge is 0.378 e. The third kappa shape index (κ3) is 2.13. The molecular weight excluding hydrogens is 214 g/mol. The van der Waals surface area contributed by atoms with E-state index < -0.39 is 0 Å². The summed E-state index contributed by atoms with van der Waals surface area (Å²) in [5.74, 6) is 2.33. The lowest BCUT2D eigenvalue weighted by molar-refractivity contribution is -0.108. The Morgan fingerprint density at radius 1 is 1.18 bits per heavy atom. The smallest absolute Gasteiger partial charge is 0.0939 e. The van der Waals surface area contributed by atoms with Crippen LogP contribution in [-0.2, 0) is 9.47 Å². The van der Waals surface area contributed by atoms with Crippen molar-refractivity contribution in [3.05, 3.63) is 0 Å². The molecule has 0 aromatic carbocycles. The first-order chi connectivity index (χ1) is 8.20. The van der Waals surface area contributed by atoms with Gasteiger partial charge in [0.15, 0.2) is 0 Å². The van der Waals surface area contributed by atoms with Gasteiger partial charge in [0.05, 0.1) is 12.2 Å². The lowest BCUT2D eigenvalue weighted by atomic mass is 9.74. The highest BCUT2D eigenvalue weighted by Crippen LogP contribution is 2.45. The Labute approximate surface area is 104 Å². The number of hydrogen-bond donors (Lipinski definition) is 1. The molecule has 2 N–H and O–H groups in total. The maximum absolute atomic E-state index is 6.16. The molecule has 0 bridgehead atoms. The quantitative estimate of drug-likeness (QED) is 0.760. The summed E-state index contributed by atoms with van der Waals surface area (Å²) in [6, 6.07) is 0.429. The second-order valence-electron chi connectivity index (χ2n) is 6.35. The van der Waals surface area contributed by atoms with Crippen molar-refractivity contribution >= 4 is 0 Å². The molecule has 0 aromatic heterocycles. The first kappa shape index (κ1) is 11.9. The van der Waals surface area contributed by atoms with E-state index in [2.05, 4.69) is 6.92 Å². The van der Waals surface area contributed by atoms with Gasteiger partial charge in [-0.2, -0.15) is 0 Å². The highest BCUT2D eigenvalue weighted by atomic mass is 16.6. The molecule has 1 aliphatic carbocycles. The van der Waals surface area contributed by atoms with E-state index in [1.165, 1.54) is 25.7 Å². The van der Waals surface area contributed by atoms with Crippen LogP contribution in [0.15, 0.2) is 0 Å². The normalized spacial score (nSPS) is 51.2. The SMILES string of the molecule is CC1C(N)CCC1C1CCOC2(CCOC2)C1. The summed E-state index contributed by atoms with van der Waals surface area (Å²) in [6.07, 6.45) is 6.06. The summed E-state index contributed by atoms with van der Waals surface area (Å²) in [4.78, 5) is 0. The maximum atomic E-state index is 6.16. The standard InChI is InChI=1S/C14H25NO2/c1-10-12(2-3-13(10)15)11-4-6-17-14(8-11)5-7-16-9-14/h10-13H,2-9,15H2,1H3. The van der Waals surface area contributed by atoms with Crippen molar-refractivity contribution < 1.29 is 9.47 Å². The van der Waals surface area contributed by atoms with Crippen LogP contribution >= 0.6 is 0 Å². The van der Waals surface area contributed by atoms with Crippen molar-refractivity contribution in [1.29, 1.82) is 0 Å². The van der Waals surface area contributed by atoms with Gasteiger partial charge in [-0.15, -0.1) is 0 Å². The van der Waals surface area contributed by atoms with Crippen LogP contribution in [0.4, 0.5) is 0 Å². The minimum atomic E-state index is 0.0648. The van der Waals surface area contributed by atoms with E-state index in [4.69, 9.17) is 15.2 Å². The second kappa shape index (κ2) is 4.52. The van der Waals surface area contributed by atoms with Crippen molar-refractivity contribution in [3.8, 4) is 0 Å². The number of rotatable bonds is 1. The zero-order valence-electron chi connectivity index (χ0n) is 10.9. The molecule has 3 nitrogen and oxygen atoms in total. The van der Waals surface area contributed by atoms with Gasteiger partial charge in [0.2, 0.25) is 0 Å². The molecule has 2 heterocycles. The number of hydrogen-bond acceptors (Lipinski definition) is 3. The van der Waals surface area contributed by atoms with E-state index in [1.807, 2.05) is 0 Å². The average molecular weight is 239 g/mol. The molecule has 3 heteroatoms. The Morgan fingerprint density at radius 3 is 2.71 bits per heavy atom. The third-order valence-corrected chi connectivity index (χ3v) is 5.39. The summed E-state index contributed by atoms with van der Waals surface area (Å²) in [5.41, 5.74) is 6.23. The van der Waals surface area contributed by atoms with Crippen LogP contribution < -0.4 is 5.73 Å². The first-order valence-electron chi connectivity index (χ1n) is 7.17. The van der Waals surface area contributed by atoms with Gasteiger partial charge in [0, 0.05) is 25.7 Å². The van der Waals surface area contributed by atoms with E-state index in [0.717, 1.165) is 38.1 Å². The summed E-state index contributed by atoms with van der Waals surface area (Å²) in [5, 5.41) is 0. The van der Waals surface area contributed by atoms with Crippen molar-refractivity contribution in [1.82, 2.24) is 0 Å². The van der Waals surface area contributed by atoms with Gasteiger partial charge in [-0.25, -0.2) is 0 Å². The molecule has 17 heavy (non-hydrogen) atoms. The molecule has 3 fully saturated rings. The topological polar surface area (TPSA) is 44.5 Å². The van der Waals surface area contributed by atoms with E-state index in [1.54, 1.807) is 0 Å². The van der Waals surface area contributed by atoms with Crippen LogP contribution in [0.5, 0.6) is 0 Å². The minimum Gasteiger partial charge on any atom is -0.378 e. The van der Waals surface area contributed by atoms with Crippen molar-refractivity contribution in [2.75, 3.05) is 19.8 Å². The van der Waals surface area contributed by atoms with Gasteiger partial charge < -0.3 is 15.2 Å². The molecule has 0 aromatic rings. The summed E-state index contributed by atoms with van der Waals surface area (Å²) in [6.45, 7) is 4.96. The lowest BCUT2D eigenvalue weighted by Crippen LogP contribution is -2.43. The van der Waals surface area contributed by atoms with E-state index in [-0.39, 0.29) is 5.60 Å². The summed E-state index contributed by atoms with van der Waals surface area (Å²) < 4.78 is 11.6. The van der Waals surface area contributed by atoms with Gasteiger partial charge in [0.1, 0.15) is 0 Å². The zero-order chi connectivity index (χ0) is 11.9. The molecule has 3 aliphatic rings. The lowest BCUT2D eigenvalue weighted by Gasteiger charge is -2.40. The molecule has 1 saturated carbocycles. The summed E-state index contributed by atoms with van der Waals surface area (Å²) >= 11 is 0. The zero-order valence-corrected chi connectivity index (χ0v) is 10.9. The highest BCUT2D eigenvalue weighted by molar-refractivity contribution is 4.96. The summed E-state index contributed by atoms with van der Waals surface area (Å²) in [7, 11) is 0. The van der Waals surface area contributed by atoms with Crippen molar-refractivity contribution in [2.45, 2.75) is 50.7 Å². The predicted molar refractivity (Wildman–Crippen MR) is 66.7 cm³/mol. The van der Waals surface area contributed by atoms with Gasteiger partial charge in [-0.3, -0.25) is 0 Å². The van der Waals surface area contributed by atoms with Crippen molar-refractivity contribution in [2.24, 2.45) is 23.5 Å². The maximum Gasteiger partial charge on any atom is 0.0939 e. The van der Waals surface area contributed by atoms with Gasteiger partial charge >= 0.3 is 0 Å². The Bertz CT molecular complexity index is 275. The van der Waals surface area contributed by atoms with E-state index in [0.29, 0.717) is 12.0 Å². The molecule has 0 radical (unpaired) electrons. The Balaban J connectivity index is 1.67. The van der Waals surface area contributed by atoms with Crippen LogP contribution in [0.1, 0.15) is 39.0 Å². The molecule has 2 saturated heterocycles. The second-order valence-corrected chi connectivity index (χ2v) is 6.35. The average Bonchev–Trinajstić information content (AvgIpc) is 2.89. The fourth-order valence-corrected chi connectivity index (χ4v) is 4.19. The van der Waals surface area contributed by atoms with Crippen LogP contribution in [0.3, 0.4) is 0 Å². The van der Waals surface area contributed by atoms with Crippen LogP contribution in [0.2, 0.25) is 0 Å². The van der Waals surface area contributed by atoms with Gasteiger partial charge in [0.25, 0.3) is 0 Å². The number of ether oxygens (including phenoxy) is 2. The fraction of sp³-hybridized carbons (Fsp3) is 1.00. The van der Waals surface area contributed by atoms with E-state index >= 15 is 0 Å². The molecule has 1 spiro atoms. The molecular formula is C14H25NO2. The molecule has 5 atom stereocenters. The van der Waals surface area contributed by atoms with Gasteiger partial charge in [-0.1, -0.05) is 6.92 Å². The Hall–Kier alpha value is -0.120. The predicted octanol–water partition coefficient (Wildman–Crippen LogP) is 1.95. The molecule has 98 valence electrons. The third-order valence-electron chi connectivity index (χ3n) is 5.39. The van der Waals surface area contributed by atoms with Crippen molar-refractivity contribution in [3.63, 3.8) is 0 Å². The first-order valence-corrected chi connectivity index (χ1v) is 7.17. The minimum absolute atomic E-state index is 0.0648. The monoisotopic (exact) mass is 239 g/mol. The number of nitrogens with two attached hydrogens (primary N) is 1. The van der Waals surface area contributed by atoms with Gasteiger partial charge in [-0.05, 0) is 43.4 Å². The van der Waals surface area contributed by atoms with Crippen LogP contribution in [0.25, 0.3) is 0 Å².